The number of phenols is 1. The van der Waals surface area contributed by atoms with Crippen LogP contribution in [0.15, 0.2) is 47.6 Å². The maximum absolute atomic E-state index is 11.7. The summed E-state index contributed by atoms with van der Waals surface area (Å²) in [5.41, 5.74) is 3.64. The van der Waals surface area contributed by atoms with E-state index in [1.54, 1.807) is 12.1 Å². The molecule has 7 nitrogen and oxygen atoms in total. The highest BCUT2D eigenvalue weighted by Crippen LogP contribution is 2.31. The first-order valence-corrected chi connectivity index (χ1v) is 8.30. The number of rotatable bonds is 5. The number of ether oxygens (including phenoxy) is 1. The molecule has 0 aromatic heterocycles. The molecular weight excluding hydrogens is 437 g/mol. The predicted octanol–water partition coefficient (Wildman–Crippen LogP) is 1.77. The quantitative estimate of drug-likeness (QED) is 0.278. The summed E-state index contributed by atoms with van der Waals surface area (Å²) in [6, 6.07) is 12.5. The highest BCUT2D eigenvalue weighted by atomic mass is 127. The summed E-state index contributed by atoms with van der Waals surface area (Å²) in [5.74, 6) is -1.32. The smallest absolute Gasteiger partial charge is 0.329 e. The zero-order valence-electron chi connectivity index (χ0n) is 13.3. The van der Waals surface area contributed by atoms with Crippen LogP contribution in [0.3, 0.4) is 0 Å². The van der Waals surface area contributed by atoms with Crippen molar-refractivity contribution in [1.82, 2.24) is 10.7 Å². The lowest BCUT2D eigenvalue weighted by atomic mass is 10.2. The Morgan fingerprint density at radius 2 is 1.96 bits per heavy atom. The van der Waals surface area contributed by atoms with Gasteiger partial charge >= 0.3 is 11.8 Å². The average molecular weight is 453 g/mol. The Hall–Kier alpha value is -2.62. The van der Waals surface area contributed by atoms with Crippen LogP contribution in [-0.4, -0.2) is 30.2 Å². The van der Waals surface area contributed by atoms with Gasteiger partial charge in [-0.3, -0.25) is 9.59 Å². The van der Waals surface area contributed by atoms with E-state index in [-0.39, 0.29) is 12.3 Å². The van der Waals surface area contributed by atoms with E-state index in [0.717, 1.165) is 5.56 Å². The summed E-state index contributed by atoms with van der Waals surface area (Å²) < 4.78 is 5.61. The Kier molecular flexibility index (Phi) is 6.75. The Labute approximate surface area is 158 Å². The number of benzene rings is 2. The summed E-state index contributed by atoms with van der Waals surface area (Å²) in [6.45, 7) is 0.254. The molecule has 2 rings (SSSR count). The lowest BCUT2D eigenvalue weighted by molar-refractivity contribution is -0.139. The SMILES string of the molecule is COc1cc(/C=N\NC(=O)C(=O)NCc2ccccc2)cc(I)c1O. The number of aromatic hydroxyl groups is 1. The zero-order chi connectivity index (χ0) is 18.2. The summed E-state index contributed by atoms with van der Waals surface area (Å²) >= 11 is 1.95. The minimum Gasteiger partial charge on any atom is -0.504 e. The molecule has 0 aliphatic heterocycles. The number of carbonyl (C=O) groups is 2. The predicted molar refractivity (Wildman–Crippen MR) is 101 cm³/mol. The van der Waals surface area contributed by atoms with Crippen LogP contribution in [0.4, 0.5) is 0 Å². The molecule has 0 heterocycles. The first kappa shape index (κ1) is 18.7. The van der Waals surface area contributed by atoms with Crippen LogP contribution in [0.5, 0.6) is 11.5 Å². The number of nitrogens with one attached hydrogen (secondary N) is 2. The number of methoxy groups -OCH3 is 1. The van der Waals surface area contributed by atoms with Crippen LogP contribution in [0, 0.1) is 3.57 Å². The van der Waals surface area contributed by atoms with Crippen molar-refractivity contribution < 1.29 is 19.4 Å². The van der Waals surface area contributed by atoms with E-state index >= 15 is 0 Å². The maximum atomic E-state index is 11.7. The second-order valence-corrected chi connectivity index (χ2v) is 6.08. The van der Waals surface area contributed by atoms with Crippen molar-refractivity contribution in [2.24, 2.45) is 5.10 Å². The number of amides is 2. The van der Waals surface area contributed by atoms with E-state index in [1.807, 2.05) is 52.9 Å². The second-order valence-electron chi connectivity index (χ2n) is 4.92. The maximum Gasteiger partial charge on any atom is 0.329 e. The monoisotopic (exact) mass is 453 g/mol. The molecule has 0 spiro atoms. The third-order valence-corrected chi connectivity index (χ3v) is 3.97. The number of phenolic OH excluding ortho intramolecular Hbond substituents is 1. The van der Waals surface area contributed by atoms with Crippen molar-refractivity contribution in [2.45, 2.75) is 6.54 Å². The van der Waals surface area contributed by atoms with Gasteiger partial charge in [0.15, 0.2) is 11.5 Å². The average Bonchev–Trinajstić information content (AvgIpc) is 2.63. The number of carbonyl (C=O) groups excluding carboxylic acids is 2. The first-order valence-electron chi connectivity index (χ1n) is 7.23. The molecule has 2 aromatic rings. The van der Waals surface area contributed by atoms with Crippen LogP contribution < -0.4 is 15.5 Å². The zero-order valence-corrected chi connectivity index (χ0v) is 15.5. The van der Waals surface area contributed by atoms with Gasteiger partial charge in [0.25, 0.3) is 0 Å². The number of hydrogen-bond acceptors (Lipinski definition) is 5. The Bertz CT molecular complexity index is 794. The highest BCUT2D eigenvalue weighted by molar-refractivity contribution is 14.1. The molecule has 3 N–H and O–H groups in total. The first-order chi connectivity index (χ1) is 12.0. The molecule has 130 valence electrons. The van der Waals surface area contributed by atoms with Crippen LogP contribution in [0.25, 0.3) is 0 Å². The molecule has 0 fully saturated rings. The lowest BCUT2D eigenvalue weighted by Gasteiger charge is -2.06. The van der Waals surface area contributed by atoms with Gasteiger partial charge in [-0.15, -0.1) is 0 Å². The Morgan fingerprint density at radius 3 is 2.64 bits per heavy atom. The molecule has 0 unspecified atom stereocenters. The third-order valence-electron chi connectivity index (χ3n) is 3.15. The third kappa shape index (κ3) is 5.45. The largest absolute Gasteiger partial charge is 0.504 e. The van der Waals surface area contributed by atoms with Gasteiger partial charge in [0, 0.05) is 6.54 Å². The topological polar surface area (TPSA) is 100 Å². The number of hydrazone groups is 1. The van der Waals surface area contributed by atoms with Gasteiger partial charge in [-0.25, -0.2) is 5.43 Å². The Balaban J connectivity index is 1.89. The molecule has 0 atom stereocenters. The van der Waals surface area contributed by atoms with E-state index in [0.29, 0.717) is 14.9 Å². The van der Waals surface area contributed by atoms with Gasteiger partial charge in [-0.2, -0.15) is 5.10 Å². The lowest BCUT2D eigenvalue weighted by Crippen LogP contribution is -2.37. The van der Waals surface area contributed by atoms with Gasteiger partial charge in [0.05, 0.1) is 16.9 Å². The fourth-order valence-corrected chi connectivity index (χ4v) is 2.52. The molecule has 0 saturated heterocycles. The molecule has 0 aliphatic rings. The molecule has 0 saturated carbocycles. The fraction of sp³-hybridized carbons (Fsp3) is 0.118. The van der Waals surface area contributed by atoms with Crippen LogP contribution in [0.2, 0.25) is 0 Å². The van der Waals surface area contributed by atoms with Crippen LogP contribution in [0.1, 0.15) is 11.1 Å². The van der Waals surface area contributed by atoms with Crippen molar-refractivity contribution in [3.8, 4) is 11.5 Å². The number of hydrogen-bond donors (Lipinski definition) is 3. The molecule has 8 heteroatoms. The van der Waals surface area contributed by atoms with E-state index in [4.69, 9.17) is 4.74 Å². The summed E-state index contributed by atoms with van der Waals surface area (Å²) in [5, 5.41) is 16.0. The normalized spacial score (nSPS) is 10.5. The number of halogens is 1. The molecule has 2 amide bonds. The standard InChI is InChI=1S/C17H16IN3O4/c1-25-14-8-12(7-13(18)15(14)22)10-20-21-17(24)16(23)19-9-11-5-3-2-4-6-11/h2-8,10,22H,9H2,1H3,(H,19,23)(H,21,24)/b20-10-. The molecular formula is C17H16IN3O4. The fourth-order valence-electron chi connectivity index (χ4n) is 1.90. The highest BCUT2D eigenvalue weighted by Gasteiger charge is 2.12. The summed E-state index contributed by atoms with van der Waals surface area (Å²) in [7, 11) is 1.44. The molecule has 0 aliphatic carbocycles. The van der Waals surface area contributed by atoms with Gasteiger partial charge in [0.2, 0.25) is 0 Å². The summed E-state index contributed by atoms with van der Waals surface area (Å²) in [4.78, 5) is 23.4. The van der Waals surface area contributed by atoms with Crippen LogP contribution in [-0.2, 0) is 16.1 Å². The van der Waals surface area contributed by atoms with Crippen molar-refractivity contribution in [3.63, 3.8) is 0 Å². The van der Waals surface area contributed by atoms with Crippen molar-refractivity contribution in [2.75, 3.05) is 7.11 Å². The van der Waals surface area contributed by atoms with Gasteiger partial charge in [-0.1, -0.05) is 30.3 Å². The summed E-state index contributed by atoms with van der Waals surface area (Å²) in [6.07, 6.45) is 1.35. The minimum atomic E-state index is -0.868. The number of nitrogens with zero attached hydrogens (tertiary/aromatic N) is 1. The van der Waals surface area contributed by atoms with Crippen molar-refractivity contribution >= 4 is 40.6 Å². The minimum absolute atomic E-state index is 0.0320. The Morgan fingerprint density at radius 1 is 1.24 bits per heavy atom. The molecule has 0 bridgehead atoms. The van der Waals surface area contributed by atoms with Crippen molar-refractivity contribution in [3.05, 3.63) is 57.2 Å². The molecule has 0 radical (unpaired) electrons. The van der Waals surface area contributed by atoms with E-state index in [1.165, 1.54) is 13.3 Å². The van der Waals surface area contributed by atoms with E-state index < -0.39 is 11.8 Å². The molecule has 2 aromatic carbocycles. The van der Waals surface area contributed by atoms with Crippen molar-refractivity contribution in [1.29, 1.82) is 0 Å². The van der Waals surface area contributed by atoms with Crippen LogP contribution >= 0.6 is 22.6 Å². The van der Waals surface area contributed by atoms with E-state index in [2.05, 4.69) is 15.8 Å². The van der Waals surface area contributed by atoms with Gasteiger partial charge < -0.3 is 15.2 Å². The van der Waals surface area contributed by atoms with Gasteiger partial charge in [0.1, 0.15) is 0 Å². The second kappa shape index (κ2) is 9.02. The van der Waals surface area contributed by atoms with Gasteiger partial charge in [-0.05, 0) is 45.9 Å². The molecule has 25 heavy (non-hydrogen) atoms. The van der Waals surface area contributed by atoms with E-state index in [9.17, 15) is 14.7 Å².